The third-order valence-corrected chi connectivity index (χ3v) is 6.43. The molecule has 0 bridgehead atoms. The van der Waals surface area contributed by atoms with Gasteiger partial charge in [-0.1, -0.05) is 0 Å². The Morgan fingerprint density at radius 2 is 1.90 bits per heavy atom. The Morgan fingerprint density at radius 3 is 2.50 bits per heavy atom. The maximum atomic E-state index is 11.3. The molecule has 3 N–H and O–H groups in total. The molecule has 2 fully saturated rings. The van der Waals surface area contributed by atoms with E-state index in [2.05, 4.69) is 24.5 Å². The SMILES string of the molecule is CCOc1cc2c(N3CCN(C4(CNS(N)(=O)=O)CC4)CC3)ncnc2cc1OC. The highest BCUT2D eigenvalue weighted by atomic mass is 32.2. The summed E-state index contributed by atoms with van der Waals surface area (Å²) in [4.78, 5) is 13.6. The smallest absolute Gasteiger partial charge is 0.274 e. The minimum atomic E-state index is -3.67. The standard InChI is InChI=1S/C19H28N6O4S/c1-3-29-17-10-14-15(11-16(17)28-2)21-13-22-18(14)24-6-8-25(9-7-24)19(4-5-19)12-23-30(20,26)27/h10-11,13,23H,3-9,12H2,1-2H3,(H2,20,26,27). The number of fused-ring (bicyclic) bond motifs is 1. The van der Waals surface area contributed by atoms with Crippen LogP contribution in [0.1, 0.15) is 19.8 Å². The van der Waals surface area contributed by atoms with Crippen LogP contribution in [0, 0.1) is 0 Å². The van der Waals surface area contributed by atoms with Gasteiger partial charge in [0.25, 0.3) is 10.2 Å². The molecule has 2 heterocycles. The van der Waals surface area contributed by atoms with Crippen molar-refractivity contribution < 1.29 is 17.9 Å². The van der Waals surface area contributed by atoms with E-state index >= 15 is 0 Å². The summed E-state index contributed by atoms with van der Waals surface area (Å²) < 4.78 is 36.2. The second-order valence-corrected chi connectivity index (χ2v) is 9.09. The number of piperazine rings is 1. The second kappa shape index (κ2) is 8.14. The number of nitrogens with zero attached hydrogens (tertiary/aromatic N) is 4. The second-order valence-electron chi connectivity index (χ2n) is 7.72. The maximum Gasteiger partial charge on any atom is 0.274 e. The van der Waals surface area contributed by atoms with E-state index in [1.807, 2.05) is 19.1 Å². The zero-order valence-electron chi connectivity index (χ0n) is 17.3. The van der Waals surface area contributed by atoms with Crippen molar-refractivity contribution in [1.29, 1.82) is 0 Å². The minimum absolute atomic E-state index is 0.109. The number of hydrogen-bond donors (Lipinski definition) is 2. The molecule has 1 aliphatic carbocycles. The van der Waals surface area contributed by atoms with Crippen LogP contribution in [0.3, 0.4) is 0 Å². The van der Waals surface area contributed by atoms with E-state index in [1.54, 1.807) is 13.4 Å². The van der Waals surface area contributed by atoms with Gasteiger partial charge in [-0.2, -0.15) is 8.42 Å². The number of nitrogens with two attached hydrogens (primary N) is 1. The number of aromatic nitrogens is 2. The monoisotopic (exact) mass is 436 g/mol. The lowest BCUT2D eigenvalue weighted by Crippen LogP contribution is -2.55. The summed E-state index contributed by atoms with van der Waals surface area (Å²) in [5.74, 6) is 2.20. The number of ether oxygens (including phenoxy) is 2. The van der Waals surface area contributed by atoms with Crippen LogP contribution < -0.4 is 24.2 Å². The van der Waals surface area contributed by atoms with Gasteiger partial charge in [-0.15, -0.1) is 0 Å². The lowest BCUT2D eigenvalue weighted by molar-refractivity contribution is 0.167. The van der Waals surface area contributed by atoms with Crippen LogP contribution in [0.2, 0.25) is 0 Å². The number of methoxy groups -OCH3 is 1. The fraction of sp³-hybridized carbons (Fsp3) is 0.579. The molecular formula is C19H28N6O4S. The van der Waals surface area contributed by atoms with Crippen molar-refractivity contribution >= 4 is 26.9 Å². The quantitative estimate of drug-likeness (QED) is 0.613. The first-order chi connectivity index (χ1) is 14.3. The van der Waals surface area contributed by atoms with Crippen LogP contribution in [0.4, 0.5) is 5.82 Å². The first kappa shape index (κ1) is 21.0. The van der Waals surface area contributed by atoms with Gasteiger partial charge < -0.3 is 14.4 Å². The van der Waals surface area contributed by atoms with Crippen molar-refractivity contribution in [2.75, 3.05) is 51.3 Å². The minimum Gasteiger partial charge on any atom is -0.493 e. The van der Waals surface area contributed by atoms with Gasteiger partial charge in [0.15, 0.2) is 11.5 Å². The van der Waals surface area contributed by atoms with Crippen molar-refractivity contribution in [3.05, 3.63) is 18.5 Å². The third-order valence-electron chi connectivity index (χ3n) is 5.88. The van der Waals surface area contributed by atoms with Crippen LogP contribution in [-0.2, 0) is 10.2 Å². The molecule has 2 aliphatic rings. The summed E-state index contributed by atoms with van der Waals surface area (Å²) in [6.07, 6.45) is 3.52. The molecule has 164 valence electrons. The predicted octanol–water partition coefficient (Wildman–Crippen LogP) is 0.485. The normalized spacial score (nSPS) is 19.1. The molecule has 1 saturated carbocycles. The van der Waals surface area contributed by atoms with Crippen LogP contribution in [0.5, 0.6) is 11.5 Å². The molecule has 0 spiro atoms. The molecule has 2 aromatic rings. The Kier molecular flexibility index (Phi) is 5.71. The Morgan fingerprint density at radius 1 is 1.17 bits per heavy atom. The lowest BCUT2D eigenvalue weighted by Gasteiger charge is -2.40. The van der Waals surface area contributed by atoms with E-state index in [0.29, 0.717) is 24.7 Å². The van der Waals surface area contributed by atoms with Gasteiger partial charge in [-0.25, -0.2) is 19.8 Å². The van der Waals surface area contributed by atoms with E-state index in [1.165, 1.54) is 0 Å². The number of hydrogen-bond acceptors (Lipinski definition) is 8. The summed E-state index contributed by atoms with van der Waals surface area (Å²) >= 11 is 0. The van der Waals surface area contributed by atoms with Gasteiger partial charge in [0, 0.05) is 49.7 Å². The Labute approximate surface area is 176 Å². The molecule has 1 aromatic carbocycles. The number of rotatable bonds is 8. The van der Waals surface area contributed by atoms with Gasteiger partial charge in [0.1, 0.15) is 12.1 Å². The molecular weight excluding hydrogens is 408 g/mol. The Bertz CT molecular complexity index is 1020. The molecule has 0 unspecified atom stereocenters. The lowest BCUT2D eigenvalue weighted by atomic mass is 10.1. The maximum absolute atomic E-state index is 11.3. The van der Waals surface area contributed by atoms with Gasteiger partial charge in [-0.05, 0) is 25.8 Å². The highest BCUT2D eigenvalue weighted by molar-refractivity contribution is 7.87. The molecule has 10 nitrogen and oxygen atoms in total. The van der Waals surface area contributed by atoms with Crippen LogP contribution in [0.25, 0.3) is 10.9 Å². The molecule has 30 heavy (non-hydrogen) atoms. The fourth-order valence-electron chi connectivity index (χ4n) is 4.11. The molecule has 0 radical (unpaired) electrons. The topological polar surface area (TPSA) is 123 Å². The van der Waals surface area contributed by atoms with E-state index in [-0.39, 0.29) is 5.54 Å². The first-order valence-electron chi connectivity index (χ1n) is 10.1. The zero-order chi connectivity index (χ0) is 21.4. The van der Waals surface area contributed by atoms with E-state index < -0.39 is 10.2 Å². The molecule has 1 aliphatic heterocycles. The fourth-order valence-corrected chi connectivity index (χ4v) is 4.58. The predicted molar refractivity (Wildman–Crippen MR) is 114 cm³/mol. The summed E-state index contributed by atoms with van der Waals surface area (Å²) in [5, 5.41) is 6.03. The van der Waals surface area contributed by atoms with Crippen molar-refractivity contribution in [3.63, 3.8) is 0 Å². The Balaban J connectivity index is 1.51. The number of benzene rings is 1. The van der Waals surface area contributed by atoms with Crippen molar-refractivity contribution in [1.82, 2.24) is 19.6 Å². The molecule has 1 aromatic heterocycles. The van der Waals surface area contributed by atoms with Crippen LogP contribution >= 0.6 is 0 Å². The number of anilines is 1. The van der Waals surface area contributed by atoms with Crippen LogP contribution in [0.15, 0.2) is 18.5 Å². The number of nitrogens with one attached hydrogen (secondary N) is 1. The van der Waals surface area contributed by atoms with E-state index in [9.17, 15) is 8.42 Å². The van der Waals surface area contributed by atoms with E-state index in [0.717, 1.165) is 55.7 Å². The van der Waals surface area contributed by atoms with E-state index in [4.69, 9.17) is 14.6 Å². The molecule has 11 heteroatoms. The summed E-state index contributed by atoms with van der Waals surface area (Å²) in [6.45, 7) is 6.07. The summed E-state index contributed by atoms with van der Waals surface area (Å²) in [6, 6.07) is 3.82. The average molecular weight is 437 g/mol. The van der Waals surface area contributed by atoms with Gasteiger partial charge in [0.2, 0.25) is 0 Å². The van der Waals surface area contributed by atoms with Crippen molar-refractivity contribution in [3.8, 4) is 11.5 Å². The zero-order valence-corrected chi connectivity index (χ0v) is 18.1. The van der Waals surface area contributed by atoms with Gasteiger partial charge >= 0.3 is 0 Å². The average Bonchev–Trinajstić information content (AvgIpc) is 3.53. The third kappa shape index (κ3) is 4.29. The highest BCUT2D eigenvalue weighted by Gasteiger charge is 2.48. The Hall–Kier alpha value is -2.21. The molecule has 4 rings (SSSR count). The molecule has 0 atom stereocenters. The van der Waals surface area contributed by atoms with Gasteiger partial charge in [0.05, 0.1) is 19.2 Å². The van der Waals surface area contributed by atoms with Gasteiger partial charge in [-0.3, -0.25) is 4.90 Å². The van der Waals surface area contributed by atoms with Crippen LogP contribution in [-0.4, -0.2) is 75.3 Å². The largest absolute Gasteiger partial charge is 0.493 e. The highest BCUT2D eigenvalue weighted by Crippen LogP contribution is 2.42. The molecule has 1 saturated heterocycles. The van der Waals surface area contributed by atoms with Crippen molar-refractivity contribution in [2.24, 2.45) is 5.14 Å². The van der Waals surface area contributed by atoms with Crippen molar-refractivity contribution in [2.45, 2.75) is 25.3 Å². The summed E-state index contributed by atoms with van der Waals surface area (Å²) in [7, 11) is -2.06. The summed E-state index contributed by atoms with van der Waals surface area (Å²) in [5.41, 5.74) is 0.695. The molecule has 0 amide bonds. The first-order valence-corrected chi connectivity index (χ1v) is 11.6.